The highest BCUT2D eigenvalue weighted by atomic mass is 16.4. The smallest absolute Gasteiger partial charge is 0.311 e. The molecule has 0 saturated carbocycles. The summed E-state index contributed by atoms with van der Waals surface area (Å²) in [5.41, 5.74) is 0.0679. The molecule has 1 aromatic carbocycles. The third-order valence-corrected chi connectivity index (χ3v) is 4.04. The molecule has 0 aromatic heterocycles. The lowest BCUT2D eigenvalue weighted by atomic mass is 9.82. The molecule has 1 atom stereocenters. The van der Waals surface area contributed by atoms with Gasteiger partial charge in [0.05, 0.1) is 5.41 Å². The molecular formula is C15H19NO4. The van der Waals surface area contributed by atoms with Gasteiger partial charge in [0.1, 0.15) is 5.75 Å². The summed E-state index contributed by atoms with van der Waals surface area (Å²) in [7, 11) is 0. The van der Waals surface area contributed by atoms with Gasteiger partial charge in [-0.15, -0.1) is 0 Å². The van der Waals surface area contributed by atoms with Gasteiger partial charge in [-0.05, 0) is 38.8 Å². The predicted octanol–water partition coefficient (Wildman–Crippen LogP) is 2.03. The average molecular weight is 277 g/mol. The Morgan fingerprint density at radius 3 is 2.70 bits per heavy atom. The van der Waals surface area contributed by atoms with E-state index in [1.165, 1.54) is 6.07 Å². The largest absolute Gasteiger partial charge is 0.508 e. The van der Waals surface area contributed by atoms with Crippen LogP contribution < -0.4 is 0 Å². The molecular weight excluding hydrogens is 258 g/mol. The summed E-state index contributed by atoms with van der Waals surface area (Å²) in [5.74, 6) is -1.01. The molecule has 1 aromatic rings. The maximum Gasteiger partial charge on any atom is 0.311 e. The zero-order chi connectivity index (χ0) is 14.9. The first-order valence-corrected chi connectivity index (χ1v) is 6.66. The van der Waals surface area contributed by atoms with Crippen molar-refractivity contribution in [2.24, 2.45) is 5.41 Å². The topological polar surface area (TPSA) is 77.8 Å². The molecule has 1 aliphatic heterocycles. The van der Waals surface area contributed by atoms with E-state index >= 15 is 0 Å². The van der Waals surface area contributed by atoms with Gasteiger partial charge in [-0.3, -0.25) is 9.59 Å². The number of carbonyl (C=O) groups is 2. The number of nitrogens with zero attached hydrogens (tertiary/aromatic N) is 1. The Hall–Kier alpha value is -2.04. The van der Waals surface area contributed by atoms with Crippen LogP contribution in [0.15, 0.2) is 18.2 Å². The first kappa shape index (κ1) is 14.4. The first-order chi connectivity index (χ1) is 9.35. The van der Waals surface area contributed by atoms with Crippen LogP contribution in [0.2, 0.25) is 0 Å². The number of amides is 1. The van der Waals surface area contributed by atoms with E-state index in [2.05, 4.69) is 0 Å². The van der Waals surface area contributed by atoms with Crippen molar-refractivity contribution in [3.63, 3.8) is 0 Å². The fourth-order valence-electron chi connectivity index (χ4n) is 2.61. The number of aliphatic carboxylic acids is 1. The van der Waals surface area contributed by atoms with Crippen molar-refractivity contribution in [1.29, 1.82) is 0 Å². The second-order valence-corrected chi connectivity index (χ2v) is 5.65. The second kappa shape index (κ2) is 5.15. The molecule has 0 spiro atoms. The Morgan fingerprint density at radius 1 is 1.35 bits per heavy atom. The summed E-state index contributed by atoms with van der Waals surface area (Å²) in [5, 5.41) is 19.0. The highest BCUT2D eigenvalue weighted by Gasteiger charge is 2.39. The maximum atomic E-state index is 12.5. The van der Waals surface area contributed by atoms with Crippen LogP contribution in [0.25, 0.3) is 0 Å². The van der Waals surface area contributed by atoms with Gasteiger partial charge < -0.3 is 15.1 Å². The summed E-state index contributed by atoms with van der Waals surface area (Å²) in [4.78, 5) is 25.4. The summed E-state index contributed by atoms with van der Waals surface area (Å²) >= 11 is 0. The zero-order valence-electron chi connectivity index (χ0n) is 11.7. The van der Waals surface area contributed by atoms with Crippen molar-refractivity contribution >= 4 is 11.9 Å². The number of piperidine rings is 1. The molecule has 5 nitrogen and oxygen atoms in total. The molecule has 20 heavy (non-hydrogen) atoms. The van der Waals surface area contributed by atoms with Crippen LogP contribution in [0.4, 0.5) is 0 Å². The van der Waals surface area contributed by atoms with Crippen LogP contribution in [-0.2, 0) is 4.79 Å². The maximum absolute atomic E-state index is 12.5. The standard InChI is InChI=1S/C15H19NO4/c1-10-11(5-3-6-12(10)17)13(18)16-8-4-7-15(2,9-16)14(19)20/h3,5-6,17H,4,7-9H2,1-2H3,(H,19,20). The van der Waals surface area contributed by atoms with Gasteiger partial charge in [0.25, 0.3) is 5.91 Å². The molecule has 1 saturated heterocycles. The van der Waals surface area contributed by atoms with Crippen LogP contribution in [0.1, 0.15) is 35.7 Å². The van der Waals surface area contributed by atoms with Crippen molar-refractivity contribution in [2.45, 2.75) is 26.7 Å². The van der Waals surface area contributed by atoms with Gasteiger partial charge in [-0.25, -0.2) is 0 Å². The number of benzene rings is 1. The Labute approximate surface area is 117 Å². The second-order valence-electron chi connectivity index (χ2n) is 5.65. The molecule has 2 N–H and O–H groups in total. The predicted molar refractivity (Wildman–Crippen MR) is 73.7 cm³/mol. The minimum Gasteiger partial charge on any atom is -0.508 e. The third kappa shape index (κ3) is 2.48. The Kier molecular flexibility index (Phi) is 3.70. The lowest BCUT2D eigenvalue weighted by Crippen LogP contribution is -2.48. The molecule has 0 radical (unpaired) electrons. The van der Waals surface area contributed by atoms with Gasteiger partial charge in [0, 0.05) is 24.2 Å². The van der Waals surface area contributed by atoms with Crippen LogP contribution in [0.3, 0.4) is 0 Å². The number of hydrogen-bond acceptors (Lipinski definition) is 3. The number of carbonyl (C=O) groups excluding carboxylic acids is 1. The van der Waals surface area contributed by atoms with E-state index in [4.69, 9.17) is 0 Å². The monoisotopic (exact) mass is 277 g/mol. The van der Waals surface area contributed by atoms with Crippen molar-refractivity contribution in [1.82, 2.24) is 4.90 Å². The number of likely N-dealkylation sites (tertiary alicyclic amines) is 1. The van der Waals surface area contributed by atoms with Gasteiger partial charge >= 0.3 is 5.97 Å². The van der Waals surface area contributed by atoms with Crippen molar-refractivity contribution in [3.05, 3.63) is 29.3 Å². The van der Waals surface area contributed by atoms with E-state index in [0.717, 1.165) is 0 Å². The van der Waals surface area contributed by atoms with E-state index in [1.54, 1.807) is 30.9 Å². The molecule has 1 amide bonds. The number of phenols is 1. The lowest BCUT2D eigenvalue weighted by molar-refractivity contribution is -0.150. The lowest BCUT2D eigenvalue weighted by Gasteiger charge is -2.37. The Balaban J connectivity index is 2.25. The van der Waals surface area contributed by atoms with E-state index in [1.807, 2.05) is 0 Å². The number of carboxylic acids is 1. The highest BCUT2D eigenvalue weighted by molar-refractivity contribution is 5.96. The quantitative estimate of drug-likeness (QED) is 0.867. The van der Waals surface area contributed by atoms with Crippen molar-refractivity contribution < 1.29 is 19.8 Å². The van der Waals surface area contributed by atoms with E-state index in [0.29, 0.717) is 30.5 Å². The van der Waals surface area contributed by atoms with E-state index < -0.39 is 11.4 Å². The SMILES string of the molecule is Cc1c(O)cccc1C(=O)N1CCCC(C)(C(=O)O)C1. The Bertz CT molecular complexity index is 555. The summed E-state index contributed by atoms with van der Waals surface area (Å²) in [6.45, 7) is 4.11. The first-order valence-electron chi connectivity index (χ1n) is 6.66. The number of aromatic hydroxyl groups is 1. The Morgan fingerprint density at radius 2 is 2.05 bits per heavy atom. The van der Waals surface area contributed by atoms with E-state index in [-0.39, 0.29) is 18.2 Å². The molecule has 1 fully saturated rings. The van der Waals surface area contributed by atoms with Crippen LogP contribution >= 0.6 is 0 Å². The van der Waals surface area contributed by atoms with Crippen molar-refractivity contribution in [2.75, 3.05) is 13.1 Å². The summed E-state index contributed by atoms with van der Waals surface area (Å²) in [6, 6.07) is 4.81. The number of phenolic OH excluding ortho intramolecular Hbond substituents is 1. The minimum absolute atomic E-state index is 0.0776. The third-order valence-electron chi connectivity index (χ3n) is 4.04. The molecule has 5 heteroatoms. The normalized spacial score (nSPS) is 22.6. The minimum atomic E-state index is -0.890. The van der Waals surface area contributed by atoms with Gasteiger partial charge in [-0.2, -0.15) is 0 Å². The summed E-state index contributed by atoms with van der Waals surface area (Å²) in [6.07, 6.45) is 1.25. The van der Waals surface area contributed by atoms with Gasteiger partial charge in [0.15, 0.2) is 0 Å². The molecule has 0 aliphatic carbocycles. The number of rotatable bonds is 2. The highest BCUT2D eigenvalue weighted by Crippen LogP contribution is 2.31. The van der Waals surface area contributed by atoms with Gasteiger partial charge in [-0.1, -0.05) is 6.07 Å². The van der Waals surface area contributed by atoms with Crippen molar-refractivity contribution in [3.8, 4) is 5.75 Å². The summed E-state index contributed by atoms with van der Waals surface area (Å²) < 4.78 is 0. The van der Waals surface area contributed by atoms with Crippen LogP contribution in [0.5, 0.6) is 5.75 Å². The van der Waals surface area contributed by atoms with E-state index in [9.17, 15) is 19.8 Å². The fraction of sp³-hybridized carbons (Fsp3) is 0.467. The molecule has 108 valence electrons. The van der Waals surface area contributed by atoms with Crippen LogP contribution in [-0.4, -0.2) is 40.1 Å². The fourth-order valence-corrected chi connectivity index (χ4v) is 2.61. The molecule has 1 heterocycles. The van der Waals surface area contributed by atoms with Gasteiger partial charge in [0.2, 0.25) is 0 Å². The average Bonchev–Trinajstić information content (AvgIpc) is 2.41. The van der Waals surface area contributed by atoms with Crippen LogP contribution in [0, 0.1) is 12.3 Å². The molecule has 1 aliphatic rings. The molecule has 0 bridgehead atoms. The number of carboxylic acid groups (broad SMARTS) is 1. The zero-order valence-corrected chi connectivity index (χ0v) is 11.7. The number of hydrogen-bond donors (Lipinski definition) is 2. The molecule has 2 rings (SSSR count). The molecule has 1 unspecified atom stereocenters.